The molecule has 0 radical (unpaired) electrons. The molecule has 5 rings (SSSR count). The second-order valence-electron chi connectivity index (χ2n) is 8.19. The molecule has 1 aromatic heterocycles. The van der Waals surface area contributed by atoms with Gasteiger partial charge in [0, 0.05) is 35.3 Å². The lowest BCUT2D eigenvalue weighted by Crippen LogP contribution is -2.09. The normalized spacial score (nSPS) is 13.8. The number of nitrogens with zero attached hydrogens (tertiary/aromatic N) is 1. The van der Waals surface area contributed by atoms with Crippen molar-refractivity contribution < 1.29 is 41.0 Å². The van der Waals surface area contributed by atoms with Gasteiger partial charge in [0.1, 0.15) is 23.9 Å². The lowest BCUT2D eigenvalue weighted by molar-refractivity contribution is 0.101. The minimum absolute atomic E-state index is 0.00376. The van der Waals surface area contributed by atoms with Crippen molar-refractivity contribution in [3.63, 3.8) is 0 Å². The van der Waals surface area contributed by atoms with Crippen molar-refractivity contribution in [1.82, 2.24) is 4.57 Å². The highest BCUT2D eigenvalue weighted by Crippen LogP contribution is 2.37. The maximum absolute atomic E-state index is 13.9. The number of ether oxygens (including phenoxy) is 3. The number of fused-ring (bicyclic) bond motifs is 2. The minimum Gasteiger partial charge on any atom is -0.497 e. The number of carbonyl (C=O) groups excluding carboxylic acids is 1. The molecule has 0 fully saturated rings. The highest BCUT2D eigenvalue weighted by molar-refractivity contribution is 6.15. The van der Waals surface area contributed by atoms with Crippen LogP contribution in [0, 0.1) is 29.1 Å². The fourth-order valence-electron chi connectivity index (χ4n) is 4.14. The number of aromatic nitrogens is 1. The summed E-state index contributed by atoms with van der Waals surface area (Å²) >= 11 is 0. The van der Waals surface area contributed by atoms with Gasteiger partial charge in [0.05, 0.1) is 18.2 Å². The third-order valence-electron chi connectivity index (χ3n) is 6.07. The van der Waals surface area contributed by atoms with Gasteiger partial charge in [-0.15, -0.1) is 0 Å². The molecule has 10 heteroatoms. The average molecular weight is 515 g/mol. The molecule has 190 valence electrons. The molecule has 1 aliphatic heterocycles. The highest BCUT2D eigenvalue weighted by atomic mass is 19.2. The molecule has 0 saturated carbocycles. The number of carbonyl (C=O) groups is 1. The standard InChI is InChI=1S/C27H18F5NO4/c1-3-33-11-13(17-9-14(35-2)5-7-19(17)33)8-21-27(34)16-6-4-15(10-20(16)37-21)36-12-18-22(28)24(30)26(32)25(31)23(18)29/h4-11H,3,12H2,1-2H3/b21-8-. The van der Waals surface area contributed by atoms with E-state index in [0.29, 0.717) is 12.3 Å². The minimum atomic E-state index is -2.25. The Morgan fingerprint density at radius 3 is 2.27 bits per heavy atom. The molecule has 0 amide bonds. The third kappa shape index (κ3) is 4.08. The van der Waals surface area contributed by atoms with Crippen molar-refractivity contribution in [3.8, 4) is 17.2 Å². The van der Waals surface area contributed by atoms with E-state index in [9.17, 15) is 26.7 Å². The summed E-state index contributed by atoms with van der Waals surface area (Å²) in [5, 5.41) is 0.855. The molecule has 0 aliphatic carbocycles. The van der Waals surface area contributed by atoms with Crippen LogP contribution in [0.2, 0.25) is 0 Å². The molecular weight excluding hydrogens is 497 g/mol. The third-order valence-corrected chi connectivity index (χ3v) is 6.07. The number of aryl methyl sites for hydroxylation is 1. The van der Waals surface area contributed by atoms with Gasteiger partial charge in [0.15, 0.2) is 29.0 Å². The molecule has 0 spiro atoms. The Kier molecular flexibility index (Phi) is 6.10. The Bertz CT molecular complexity index is 1580. The summed E-state index contributed by atoms with van der Waals surface area (Å²) in [4.78, 5) is 12.9. The number of hydrogen-bond acceptors (Lipinski definition) is 4. The van der Waals surface area contributed by atoms with Crippen molar-refractivity contribution in [2.75, 3.05) is 7.11 Å². The van der Waals surface area contributed by atoms with Crippen LogP contribution in [0.1, 0.15) is 28.4 Å². The summed E-state index contributed by atoms with van der Waals surface area (Å²) in [6.07, 6.45) is 3.49. The summed E-state index contributed by atoms with van der Waals surface area (Å²) in [5.74, 6) is -9.87. The average Bonchev–Trinajstić information content (AvgIpc) is 3.42. The van der Waals surface area contributed by atoms with E-state index in [1.807, 2.05) is 35.9 Å². The Morgan fingerprint density at radius 2 is 1.59 bits per heavy atom. The van der Waals surface area contributed by atoms with E-state index in [1.165, 1.54) is 18.2 Å². The van der Waals surface area contributed by atoms with Gasteiger partial charge >= 0.3 is 0 Å². The van der Waals surface area contributed by atoms with Gasteiger partial charge in [-0.25, -0.2) is 22.0 Å². The number of allylic oxidation sites excluding steroid dienone is 1. The van der Waals surface area contributed by atoms with Crippen LogP contribution in [0.5, 0.6) is 17.2 Å². The summed E-state index contributed by atoms with van der Waals surface area (Å²) in [6, 6.07) is 9.64. The second-order valence-corrected chi connectivity index (χ2v) is 8.19. The molecule has 1 aliphatic rings. The van der Waals surface area contributed by atoms with Gasteiger partial charge in [0.2, 0.25) is 11.6 Å². The van der Waals surface area contributed by atoms with Gasteiger partial charge < -0.3 is 18.8 Å². The summed E-state index contributed by atoms with van der Waals surface area (Å²) < 4.78 is 86.3. The quantitative estimate of drug-likeness (QED) is 0.126. The zero-order chi connectivity index (χ0) is 26.4. The van der Waals surface area contributed by atoms with Gasteiger partial charge in [-0.3, -0.25) is 4.79 Å². The van der Waals surface area contributed by atoms with Gasteiger partial charge in [-0.1, -0.05) is 0 Å². The van der Waals surface area contributed by atoms with Crippen molar-refractivity contribution >= 4 is 22.8 Å². The molecule has 0 N–H and O–H groups in total. The maximum atomic E-state index is 13.9. The van der Waals surface area contributed by atoms with E-state index >= 15 is 0 Å². The van der Waals surface area contributed by atoms with Crippen LogP contribution >= 0.6 is 0 Å². The topological polar surface area (TPSA) is 49.7 Å². The number of rotatable bonds is 6. The smallest absolute Gasteiger partial charge is 0.231 e. The zero-order valence-corrected chi connectivity index (χ0v) is 19.5. The molecule has 5 nitrogen and oxygen atoms in total. The Labute approximate surface area is 207 Å². The first-order valence-electron chi connectivity index (χ1n) is 11.1. The number of hydrogen-bond donors (Lipinski definition) is 0. The largest absolute Gasteiger partial charge is 0.497 e. The van der Waals surface area contributed by atoms with Crippen molar-refractivity contribution in [1.29, 1.82) is 0 Å². The van der Waals surface area contributed by atoms with Crippen LogP contribution in [-0.4, -0.2) is 17.5 Å². The number of methoxy groups -OCH3 is 1. The van der Waals surface area contributed by atoms with Crippen molar-refractivity contribution in [2.24, 2.45) is 0 Å². The van der Waals surface area contributed by atoms with Crippen LogP contribution in [0.4, 0.5) is 22.0 Å². The fraction of sp³-hybridized carbons (Fsp3) is 0.148. The first kappa shape index (κ1) is 24.4. The molecule has 0 unspecified atom stereocenters. The van der Waals surface area contributed by atoms with E-state index in [1.54, 1.807) is 13.2 Å². The second kappa shape index (κ2) is 9.27. The van der Waals surface area contributed by atoms with Crippen LogP contribution in [0.3, 0.4) is 0 Å². The number of Topliss-reactive ketones (excluding diaryl/α,β-unsaturated/α-hetero) is 1. The molecule has 3 aromatic carbocycles. The summed E-state index contributed by atoms with van der Waals surface area (Å²) in [7, 11) is 1.56. The molecule has 0 bridgehead atoms. The monoisotopic (exact) mass is 515 g/mol. The lowest BCUT2D eigenvalue weighted by atomic mass is 10.1. The number of benzene rings is 3. The number of ketones is 1. The Morgan fingerprint density at radius 1 is 0.919 bits per heavy atom. The van der Waals surface area contributed by atoms with E-state index in [2.05, 4.69) is 0 Å². The molecule has 37 heavy (non-hydrogen) atoms. The van der Waals surface area contributed by atoms with E-state index in [0.717, 1.165) is 16.5 Å². The van der Waals surface area contributed by atoms with Crippen LogP contribution in [0.25, 0.3) is 17.0 Å². The Hall–Kier alpha value is -4.34. The van der Waals surface area contributed by atoms with E-state index in [-0.39, 0.29) is 28.6 Å². The molecule has 0 atom stereocenters. The molecule has 4 aromatic rings. The fourth-order valence-corrected chi connectivity index (χ4v) is 4.14. The number of halogens is 5. The first-order valence-corrected chi connectivity index (χ1v) is 11.1. The van der Waals surface area contributed by atoms with E-state index < -0.39 is 41.3 Å². The van der Waals surface area contributed by atoms with Gasteiger partial charge in [-0.2, -0.15) is 0 Å². The molecular formula is C27H18F5NO4. The lowest BCUT2D eigenvalue weighted by Gasteiger charge is -2.10. The first-order chi connectivity index (χ1) is 17.7. The summed E-state index contributed by atoms with van der Waals surface area (Å²) in [6.45, 7) is 1.76. The van der Waals surface area contributed by atoms with Crippen LogP contribution in [0.15, 0.2) is 48.4 Å². The molecule has 2 heterocycles. The van der Waals surface area contributed by atoms with Gasteiger partial charge in [0.25, 0.3) is 0 Å². The van der Waals surface area contributed by atoms with Gasteiger partial charge in [-0.05, 0) is 43.3 Å². The molecule has 0 saturated heterocycles. The van der Waals surface area contributed by atoms with Crippen molar-refractivity contribution in [3.05, 3.63) is 94.1 Å². The van der Waals surface area contributed by atoms with Crippen LogP contribution < -0.4 is 14.2 Å². The zero-order valence-electron chi connectivity index (χ0n) is 19.5. The summed E-state index contributed by atoms with van der Waals surface area (Å²) in [5.41, 5.74) is 0.792. The Balaban J connectivity index is 1.42. The predicted octanol–water partition coefficient (Wildman–Crippen LogP) is 6.56. The highest BCUT2D eigenvalue weighted by Gasteiger charge is 2.29. The SMILES string of the molecule is CCn1cc(/C=C2\Oc3cc(OCc4c(F)c(F)c(F)c(F)c4F)ccc3C2=O)c2cc(OC)ccc21. The predicted molar refractivity (Wildman–Crippen MR) is 124 cm³/mol. The van der Waals surface area contributed by atoms with E-state index in [4.69, 9.17) is 14.2 Å². The van der Waals surface area contributed by atoms with Crippen LogP contribution in [-0.2, 0) is 13.2 Å². The maximum Gasteiger partial charge on any atom is 0.231 e. The van der Waals surface area contributed by atoms with Crippen molar-refractivity contribution in [2.45, 2.75) is 20.1 Å².